The molecule has 0 bridgehead atoms. The lowest BCUT2D eigenvalue weighted by Gasteiger charge is -2.25. The van der Waals surface area contributed by atoms with Crippen molar-refractivity contribution in [3.63, 3.8) is 0 Å². The van der Waals surface area contributed by atoms with Crippen molar-refractivity contribution in [1.82, 2.24) is 19.8 Å². The number of carbonyl (C=O) groups is 2. The summed E-state index contributed by atoms with van der Waals surface area (Å²) >= 11 is 0. The van der Waals surface area contributed by atoms with E-state index in [-0.39, 0.29) is 34.7 Å². The smallest absolute Gasteiger partial charge is 0.253 e. The molecule has 1 aliphatic heterocycles. The van der Waals surface area contributed by atoms with Crippen molar-refractivity contribution in [1.29, 1.82) is 10.8 Å². The van der Waals surface area contributed by atoms with Crippen LogP contribution in [-0.4, -0.2) is 69.6 Å². The molecule has 208 valence electrons. The second-order valence-electron chi connectivity index (χ2n) is 11.2. The number of nitrogens with zero attached hydrogens (tertiary/aromatic N) is 4. The molecule has 0 radical (unpaired) electrons. The van der Waals surface area contributed by atoms with Gasteiger partial charge in [0.2, 0.25) is 17.7 Å². The Bertz CT molecular complexity index is 1400. The highest BCUT2D eigenvalue weighted by Gasteiger charge is 2.25. The van der Waals surface area contributed by atoms with Crippen LogP contribution in [0.2, 0.25) is 0 Å². The molecule has 4 rings (SSSR count). The van der Waals surface area contributed by atoms with Crippen molar-refractivity contribution in [3.8, 4) is 11.3 Å². The van der Waals surface area contributed by atoms with Crippen molar-refractivity contribution in [3.05, 3.63) is 83.3 Å². The predicted octanol–water partition coefficient (Wildman–Crippen LogP) is 4.93. The molecule has 0 aliphatic carbocycles. The number of aromatic nitrogens is 2. The summed E-state index contributed by atoms with van der Waals surface area (Å²) in [5.74, 6) is -0.332. The summed E-state index contributed by atoms with van der Waals surface area (Å²) < 4.78 is 5.46. The van der Waals surface area contributed by atoms with Gasteiger partial charge in [-0.2, -0.15) is 0 Å². The van der Waals surface area contributed by atoms with Gasteiger partial charge in [-0.25, -0.2) is 4.98 Å². The maximum atomic E-state index is 13.2. The first kappa shape index (κ1) is 28.6. The number of amides is 2. The van der Waals surface area contributed by atoms with Gasteiger partial charge in [-0.15, -0.1) is 0 Å². The minimum atomic E-state index is -0.260. The van der Waals surface area contributed by atoms with Gasteiger partial charge in [0.15, 0.2) is 0 Å². The third kappa shape index (κ3) is 7.16. The van der Waals surface area contributed by atoms with Crippen LogP contribution in [0.4, 0.5) is 0 Å². The lowest BCUT2D eigenvalue weighted by Crippen LogP contribution is -2.38. The fourth-order valence-corrected chi connectivity index (χ4v) is 4.50. The normalized spacial score (nSPS) is 13.9. The van der Waals surface area contributed by atoms with Crippen LogP contribution in [0.25, 0.3) is 11.3 Å². The number of nitrogens with one attached hydrogen (secondary N) is 2. The summed E-state index contributed by atoms with van der Waals surface area (Å²) in [4.78, 5) is 38.5. The molecule has 40 heavy (non-hydrogen) atoms. The van der Waals surface area contributed by atoms with E-state index in [1.54, 1.807) is 49.5 Å². The zero-order chi connectivity index (χ0) is 28.9. The van der Waals surface area contributed by atoms with Crippen LogP contribution in [0.15, 0.2) is 60.8 Å². The van der Waals surface area contributed by atoms with Crippen molar-refractivity contribution in [2.75, 3.05) is 26.2 Å². The third-order valence-electron chi connectivity index (χ3n) is 6.66. The SMILES string of the molecule is Cc1ncc(-c2ccc(C(=O)N3CCCN(C(=O)CC(C)(C)C)CC3)cc2)nc1C(=N)OC(=N)c1ccccc1. The Kier molecular flexibility index (Phi) is 8.72. The van der Waals surface area contributed by atoms with E-state index in [1.165, 1.54) is 0 Å². The van der Waals surface area contributed by atoms with Crippen molar-refractivity contribution in [2.24, 2.45) is 5.41 Å². The second kappa shape index (κ2) is 12.2. The molecular formula is C31H36N6O3. The maximum Gasteiger partial charge on any atom is 0.253 e. The van der Waals surface area contributed by atoms with Gasteiger partial charge in [-0.05, 0) is 43.0 Å². The number of rotatable bonds is 5. The van der Waals surface area contributed by atoms with Crippen LogP contribution in [0, 0.1) is 23.2 Å². The van der Waals surface area contributed by atoms with E-state index < -0.39 is 0 Å². The van der Waals surface area contributed by atoms with Crippen LogP contribution in [0.1, 0.15) is 60.9 Å². The van der Waals surface area contributed by atoms with Gasteiger partial charge in [-0.1, -0.05) is 51.1 Å². The summed E-state index contributed by atoms with van der Waals surface area (Å²) in [6.07, 6.45) is 2.85. The Morgan fingerprint density at radius 3 is 2.20 bits per heavy atom. The molecule has 3 aromatic rings. The van der Waals surface area contributed by atoms with Gasteiger partial charge in [0.25, 0.3) is 5.91 Å². The zero-order valence-electron chi connectivity index (χ0n) is 23.5. The Hall–Kier alpha value is -4.40. The molecule has 1 saturated heterocycles. The Balaban J connectivity index is 1.42. The Morgan fingerprint density at radius 2 is 1.52 bits per heavy atom. The Morgan fingerprint density at radius 1 is 0.875 bits per heavy atom. The van der Waals surface area contributed by atoms with Crippen LogP contribution in [0.5, 0.6) is 0 Å². The van der Waals surface area contributed by atoms with Crippen LogP contribution < -0.4 is 0 Å². The summed E-state index contributed by atoms with van der Waals surface area (Å²) in [6, 6.07) is 16.1. The molecule has 9 nitrogen and oxygen atoms in total. The van der Waals surface area contributed by atoms with Gasteiger partial charge in [0, 0.05) is 49.3 Å². The molecule has 0 unspecified atom stereocenters. The van der Waals surface area contributed by atoms with Gasteiger partial charge in [0.05, 0.1) is 17.6 Å². The minimum Gasteiger partial charge on any atom is -0.419 e. The number of hydrogen-bond donors (Lipinski definition) is 2. The molecule has 9 heteroatoms. The molecule has 0 saturated carbocycles. The van der Waals surface area contributed by atoms with Crippen molar-refractivity contribution in [2.45, 2.75) is 40.5 Å². The Labute approximate surface area is 235 Å². The quantitative estimate of drug-likeness (QED) is 0.351. The van der Waals surface area contributed by atoms with E-state index in [4.69, 9.17) is 15.6 Å². The fourth-order valence-electron chi connectivity index (χ4n) is 4.50. The minimum absolute atomic E-state index is 0.0676. The van der Waals surface area contributed by atoms with E-state index >= 15 is 0 Å². The molecular weight excluding hydrogens is 504 g/mol. The van der Waals surface area contributed by atoms with E-state index in [9.17, 15) is 9.59 Å². The zero-order valence-corrected chi connectivity index (χ0v) is 23.5. The fraction of sp³-hybridized carbons (Fsp3) is 0.355. The predicted molar refractivity (Wildman–Crippen MR) is 155 cm³/mol. The van der Waals surface area contributed by atoms with E-state index in [2.05, 4.69) is 30.7 Å². The van der Waals surface area contributed by atoms with Gasteiger partial charge in [0.1, 0.15) is 5.69 Å². The van der Waals surface area contributed by atoms with E-state index in [1.807, 2.05) is 28.0 Å². The molecule has 0 spiro atoms. The highest BCUT2D eigenvalue weighted by molar-refractivity contribution is 6.04. The first-order chi connectivity index (χ1) is 19.0. The first-order valence-corrected chi connectivity index (χ1v) is 13.4. The van der Waals surface area contributed by atoms with Gasteiger partial charge >= 0.3 is 0 Å². The molecule has 0 atom stereocenters. The molecule has 2 amide bonds. The van der Waals surface area contributed by atoms with Crippen LogP contribution >= 0.6 is 0 Å². The largest absolute Gasteiger partial charge is 0.419 e. The maximum absolute atomic E-state index is 13.2. The molecule has 2 N–H and O–H groups in total. The van der Waals surface area contributed by atoms with E-state index in [0.717, 1.165) is 12.0 Å². The summed E-state index contributed by atoms with van der Waals surface area (Å²) in [5, 5.41) is 16.5. The molecule has 2 aromatic carbocycles. The number of benzene rings is 2. The number of hydrogen-bond acceptors (Lipinski definition) is 7. The number of carbonyl (C=O) groups excluding carboxylic acids is 2. The summed E-state index contributed by atoms with van der Waals surface area (Å²) in [5.41, 5.74) is 3.08. The van der Waals surface area contributed by atoms with Crippen LogP contribution in [-0.2, 0) is 9.53 Å². The topological polar surface area (TPSA) is 123 Å². The lowest BCUT2D eigenvalue weighted by molar-refractivity contribution is -0.132. The summed E-state index contributed by atoms with van der Waals surface area (Å²) in [7, 11) is 0. The molecule has 2 heterocycles. The van der Waals surface area contributed by atoms with E-state index in [0.29, 0.717) is 55.1 Å². The second-order valence-corrected chi connectivity index (χ2v) is 11.2. The number of aryl methyl sites for hydroxylation is 1. The summed E-state index contributed by atoms with van der Waals surface area (Å²) in [6.45, 7) is 10.2. The monoisotopic (exact) mass is 540 g/mol. The van der Waals surface area contributed by atoms with Crippen molar-refractivity contribution >= 4 is 23.6 Å². The van der Waals surface area contributed by atoms with Crippen LogP contribution in [0.3, 0.4) is 0 Å². The molecule has 1 aromatic heterocycles. The highest BCUT2D eigenvalue weighted by atomic mass is 16.5. The number of ether oxygens (including phenoxy) is 1. The lowest BCUT2D eigenvalue weighted by atomic mass is 9.91. The molecule has 1 fully saturated rings. The highest BCUT2D eigenvalue weighted by Crippen LogP contribution is 2.22. The molecule has 1 aliphatic rings. The van der Waals surface area contributed by atoms with Gasteiger partial charge < -0.3 is 14.5 Å². The average molecular weight is 541 g/mol. The third-order valence-corrected chi connectivity index (χ3v) is 6.66. The standard InChI is InChI=1S/C31H36N6O3/c1-21-27(29(33)40-28(32)23-9-6-5-7-10-23)35-25(20-34-21)22-11-13-24(14-12-22)30(39)37-16-8-15-36(17-18-37)26(38)19-31(2,3)4/h5-7,9-14,20,32-33H,8,15-19H2,1-4H3. The van der Waals surface area contributed by atoms with Crippen molar-refractivity contribution < 1.29 is 14.3 Å². The average Bonchev–Trinajstić information content (AvgIpc) is 3.19. The first-order valence-electron chi connectivity index (χ1n) is 13.4. The van der Waals surface area contributed by atoms with Gasteiger partial charge in [-0.3, -0.25) is 25.4 Å².